The van der Waals surface area contributed by atoms with Gasteiger partial charge < -0.3 is 19.6 Å². The van der Waals surface area contributed by atoms with Gasteiger partial charge in [-0.25, -0.2) is 9.18 Å². The van der Waals surface area contributed by atoms with E-state index in [1.54, 1.807) is 6.07 Å². The molecule has 4 heterocycles. The molecule has 0 saturated carbocycles. The number of halogens is 3. The number of amides is 2. The Kier molecular flexibility index (Phi) is 6.35. The quantitative estimate of drug-likeness (QED) is 0.544. The molecule has 0 radical (unpaired) electrons. The van der Waals surface area contributed by atoms with E-state index in [-0.39, 0.29) is 48.6 Å². The molecule has 1 unspecified atom stereocenters. The number of hydrogen-bond acceptors (Lipinski definition) is 6. The topological polar surface area (TPSA) is 129 Å². The smallest absolute Gasteiger partial charge is 0.407 e. The fourth-order valence-electron chi connectivity index (χ4n) is 4.65. The molecule has 14 heteroatoms. The van der Waals surface area contributed by atoms with Gasteiger partial charge in [0.1, 0.15) is 17.6 Å². The van der Waals surface area contributed by atoms with Crippen molar-refractivity contribution in [2.45, 2.75) is 38.6 Å². The van der Waals surface area contributed by atoms with E-state index in [2.05, 4.69) is 20.5 Å². The minimum absolute atomic E-state index is 0.00964. The van der Waals surface area contributed by atoms with Gasteiger partial charge in [-0.3, -0.25) is 14.6 Å². The van der Waals surface area contributed by atoms with Crippen molar-refractivity contribution in [1.82, 2.24) is 35.0 Å². The lowest BCUT2D eigenvalue weighted by atomic mass is 9.98. The van der Waals surface area contributed by atoms with Crippen LogP contribution < -0.4 is 0 Å². The first kappa shape index (κ1) is 23.8. The van der Waals surface area contributed by atoms with Crippen LogP contribution >= 0.6 is 0 Å². The Balaban J connectivity index is 1.59. The van der Waals surface area contributed by atoms with E-state index in [0.29, 0.717) is 18.7 Å². The Morgan fingerprint density at radius 2 is 2.00 bits per heavy atom. The summed E-state index contributed by atoms with van der Waals surface area (Å²) in [5.74, 6) is -1.00. The molecule has 0 fully saturated rings. The molecule has 0 bridgehead atoms. The number of aromatic nitrogens is 5. The number of H-pyrrole nitrogens is 1. The van der Waals surface area contributed by atoms with Crippen LogP contribution in [0.1, 0.15) is 44.8 Å². The van der Waals surface area contributed by atoms with Gasteiger partial charge in [0.2, 0.25) is 0 Å². The second kappa shape index (κ2) is 9.60. The maximum Gasteiger partial charge on any atom is 0.407 e. The van der Waals surface area contributed by atoms with Crippen molar-refractivity contribution in [2.75, 3.05) is 19.6 Å². The van der Waals surface area contributed by atoms with E-state index in [1.165, 1.54) is 27.8 Å². The first-order chi connectivity index (χ1) is 17.3. The number of carboxylic acid groups (broad SMARTS) is 1. The minimum atomic E-state index is -3.21. The number of aromatic amines is 1. The van der Waals surface area contributed by atoms with Gasteiger partial charge in [0.05, 0.1) is 31.0 Å². The molecule has 2 aliphatic heterocycles. The third-order valence-corrected chi connectivity index (χ3v) is 6.40. The number of carbonyl (C=O) groups is 2. The van der Waals surface area contributed by atoms with Crippen LogP contribution in [0.25, 0.3) is 0 Å². The molecule has 0 spiro atoms. The third kappa shape index (κ3) is 4.51. The van der Waals surface area contributed by atoms with E-state index in [4.69, 9.17) is 4.74 Å². The predicted octanol–water partition coefficient (Wildman–Crippen LogP) is 2.20. The summed E-state index contributed by atoms with van der Waals surface area (Å²) >= 11 is 0. The van der Waals surface area contributed by atoms with Crippen molar-refractivity contribution in [3.8, 4) is 0 Å². The Morgan fingerprint density at radius 1 is 1.19 bits per heavy atom. The van der Waals surface area contributed by atoms with Gasteiger partial charge in [-0.15, -0.1) is 5.10 Å². The number of carbonyl (C=O) groups excluding carboxylic acids is 1. The van der Waals surface area contributed by atoms with Gasteiger partial charge in [0, 0.05) is 31.5 Å². The fraction of sp³-hybridized carbons (Fsp3) is 0.409. The van der Waals surface area contributed by atoms with Crippen LogP contribution in [0.4, 0.5) is 18.0 Å². The number of hydrogen-bond donors (Lipinski definition) is 2. The number of benzene rings is 1. The summed E-state index contributed by atoms with van der Waals surface area (Å²) in [5, 5.41) is 24.4. The standard InChI is InChI=1S/C22H22F3N7O4/c23-14-4-2-1-3-12(14)9-13-18(20(33)30-6-5-15-16(10-30)27-29-26-15)28-32-8-7-31(22(34)35)11-17(19(13)32)36-21(24)25/h1-4,17,21H,5-11H2,(H,34,35)(H,26,27,29). The van der Waals surface area contributed by atoms with Gasteiger partial charge in [-0.05, 0) is 11.6 Å². The molecule has 11 nitrogen and oxygen atoms in total. The van der Waals surface area contributed by atoms with Crippen LogP contribution in [0.5, 0.6) is 0 Å². The molecule has 1 atom stereocenters. The summed E-state index contributed by atoms with van der Waals surface area (Å²) in [6.07, 6.45) is -2.34. The van der Waals surface area contributed by atoms with Gasteiger partial charge in [0.25, 0.3) is 5.91 Å². The zero-order valence-corrected chi connectivity index (χ0v) is 18.9. The molecule has 2 aliphatic rings. The van der Waals surface area contributed by atoms with E-state index in [1.807, 2.05) is 0 Å². The highest BCUT2D eigenvalue weighted by atomic mass is 19.3. The van der Waals surface area contributed by atoms with Crippen LogP contribution in [0.15, 0.2) is 24.3 Å². The highest BCUT2D eigenvalue weighted by Crippen LogP contribution is 2.33. The number of nitrogens with zero attached hydrogens (tertiary/aromatic N) is 6. The number of fused-ring (bicyclic) bond motifs is 2. The predicted molar refractivity (Wildman–Crippen MR) is 116 cm³/mol. The summed E-state index contributed by atoms with van der Waals surface area (Å²) < 4.78 is 47.5. The number of nitrogens with one attached hydrogen (secondary N) is 1. The Labute approximate surface area is 202 Å². The summed E-state index contributed by atoms with van der Waals surface area (Å²) in [6, 6.07) is 5.92. The van der Waals surface area contributed by atoms with Crippen LogP contribution in [-0.4, -0.2) is 78.3 Å². The first-order valence-corrected chi connectivity index (χ1v) is 11.2. The third-order valence-electron chi connectivity index (χ3n) is 6.40. The average molecular weight is 505 g/mol. The van der Waals surface area contributed by atoms with Gasteiger partial charge in [0.15, 0.2) is 5.69 Å². The maximum absolute atomic E-state index is 14.6. The molecule has 0 aliphatic carbocycles. The molecule has 2 aromatic heterocycles. The number of ether oxygens (including phenoxy) is 1. The first-order valence-electron chi connectivity index (χ1n) is 11.2. The fourth-order valence-corrected chi connectivity index (χ4v) is 4.65. The van der Waals surface area contributed by atoms with Crippen LogP contribution in [0.2, 0.25) is 0 Å². The molecule has 0 saturated heterocycles. The molecular formula is C22H22F3N7O4. The van der Waals surface area contributed by atoms with E-state index in [0.717, 1.165) is 10.6 Å². The molecule has 2 N–H and O–H groups in total. The van der Waals surface area contributed by atoms with E-state index in [9.17, 15) is 27.9 Å². The lowest BCUT2D eigenvalue weighted by Crippen LogP contribution is -2.37. The highest BCUT2D eigenvalue weighted by molar-refractivity contribution is 5.94. The second-order valence-corrected chi connectivity index (χ2v) is 8.53. The van der Waals surface area contributed by atoms with Crippen molar-refractivity contribution in [3.05, 3.63) is 64.0 Å². The van der Waals surface area contributed by atoms with E-state index >= 15 is 0 Å². The van der Waals surface area contributed by atoms with Crippen molar-refractivity contribution in [3.63, 3.8) is 0 Å². The van der Waals surface area contributed by atoms with E-state index < -0.39 is 37.1 Å². The Morgan fingerprint density at radius 3 is 2.75 bits per heavy atom. The Hall–Kier alpha value is -3.94. The van der Waals surface area contributed by atoms with Gasteiger partial charge in [-0.2, -0.15) is 13.9 Å². The number of rotatable bonds is 5. The zero-order chi connectivity index (χ0) is 25.4. The molecule has 36 heavy (non-hydrogen) atoms. The Bertz CT molecular complexity index is 1290. The summed E-state index contributed by atoms with van der Waals surface area (Å²) in [4.78, 5) is 27.7. The normalized spacial score (nSPS) is 17.6. The summed E-state index contributed by atoms with van der Waals surface area (Å²) in [7, 11) is 0. The monoisotopic (exact) mass is 505 g/mol. The molecule has 190 valence electrons. The highest BCUT2D eigenvalue weighted by Gasteiger charge is 2.37. The van der Waals surface area contributed by atoms with Crippen LogP contribution in [-0.2, 0) is 30.7 Å². The van der Waals surface area contributed by atoms with Crippen LogP contribution in [0, 0.1) is 5.82 Å². The average Bonchev–Trinajstić information content (AvgIpc) is 3.41. The number of alkyl halides is 2. The summed E-state index contributed by atoms with van der Waals surface area (Å²) in [5.41, 5.74) is 1.99. The lowest BCUT2D eigenvalue weighted by Gasteiger charge is -2.26. The van der Waals surface area contributed by atoms with Crippen molar-refractivity contribution >= 4 is 12.0 Å². The largest absolute Gasteiger partial charge is 0.465 e. The van der Waals surface area contributed by atoms with Crippen molar-refractivity contribution in [2.24, 2.45) is 0 Å². The molecule has 3 aromatic rings. The second-order valence-electron chi connectivity index (χ2n) is 8.53. The molecule has 1 aromatic carbocycles. The minimum Gasteiger partial charge on any atom is -0.465 e. The van der Waals surface area contributed by atoms with Crippen molar-refractivity contribution < 1.29 is 32.6 Å². The van der Waals surface area contributed by atoms with Crippen LogP contribution in [0.3, 0.4) is 0 Å². The molecule has 2 amide bonds. The molecule has 5 rings (SSSR count). The van der Waals surface area contributed by atoms with Crippen molar-refractivity contribution in [1.29, 1.82) is 0 Å². The van der Waals surface area contributed by atoms with Gasteiger partial charge in [-0.1, -0.05) is 23.4 Å². The maximum atomic E-state index is 14.6. The SMILES string of the molecule is O=C(O)N1CCn2nc(C(=O)N3CCc4[nH]nnc4C3)c(Cc3ccccc3F)c2C(OC(F)F)C1. The zero-order valence-electron chi connectivity index (χ0n) is 18.9. The molecular weight excluding hydrogens is 483 g/mol. The summed E-state index contributed by atoms with van der Waals surface area (Å²) in [6.45, 7) is -3.12. The lowest BCUT2D eigenvalue weighted by molar-refractivity contribution is -0.168. The van der Waals surface area contributed by atoms with Gasteiger partial charge >= 0.3 is 12.7 Å².